The molecule has 0 aromatic carbocycles. The standard InChI is InChI=1S/C7H12N2OS2/c1-8-2-4-9(5-3-8)6(10)7-11-12-7/h7H,2-5H2,1H3. The summed E-state index contributed by atoms with van der Waals surface area (Å²) in [6.07, 6.45) is 0. The van der Waals surface area contributed by atoms with Crippen LogP contribution in [-0.2, 0) is 4.79 Å². The van der Waals surface area contributed by atoms with Gasteiger partial charge in [0.25, 0.3) is 0 Å². The first-order valence-corrected chi connectivity index (χ1v) is 6.34. The summed E-state index contributed by atoms with van der Waals surface area (Å²) in [4.78, 5) is 15.8. The summed E-state index contributed by atoms with van der Waals surface area (Å²) in [6.45, 7) is 3.86. The van der Waals surface area contributed by atoms with Crippen LogP contribution in [0.4, 0.5) is 0 Å². The van der Waals surface area contributed by atoms with Crippen LogP contribution >= 0.6 is 21.6 Å². The summed E-state index contributed by atoms with van der Waals surface area (Å²) >= 11 is 0. The molecule has 0 N–H and O–H groups in total. The lowest BCUT2D eigenvalue weighted by Gasteiger charge is -2.32. The van der Waals surface area contributed by atoms with E-state index in [1.807, 2.05) is 4.90 Å². The molecule has 68 valence electrons. The highest BCUT2D eigenvalue weighted by molar-refractivity contribution is 8.93. The fourth-order valence-electron chi connectivity index (χ4n) is 1.29. The number of piperazine rings is 1. The maximum atomic E-state index is 11.5. The summed E-state index contributed by atoms with van der Waals surface area (Å²) in [6, 6.07) is 0. The van der Waals surface area contributed by atoms with Gasteiger partial charge in [-0.3, -0.25) is 4.79 Å². The van der Waals surface area contributed by atoms with Crippen molar-refractivity contribution in [2.75, 3.05) is 33.2 Å². The van der Waals surface area contributed by atoms with E-state index in [1.54, 1.807) is 21.6 Å². The van der Waals surface area contributed by atoms with E-state index in [0.717, 1.165) is 26.2 Å². The molecule has 0 aromatic rings. The van der Waals surface area contributed by atoms with Crippen molar-refractivity contribution >= 4 is 27.5 Å². The van der Waals surface area contributed by atoms with Gasteiger partial charge in [0.2, 0.25) is 5.91 Å². The molecule has 0 bridgehead atoms. The number of amides is 1. The van der Waals surface area contributed by atoms with E-state index in [4.69, 9.17) is 0 Å². The molecule has 3 nitrogen and oxygen atoms in total. The molecule has 0 atom stereocenters. The first-order chi connectivity index (χ1) is 5.77. The van der Waals surface area contributed by atoms with Crippen LogP contribution < -0.4 is 0 Å². The zero-order valence-corrected chi connectivity index (χ0v) is 8.66. The van der Waals surface area contributed by atoms with E-state index in [-0.39, 0.29) is 4.58 Å². The second-order valence-corrected chi connectivity index (χ2v) is 5.93. The van der Waals surface area contributed by atoms with Gasteiger partial charge in [-0.25, -0.2) is 0 Å². The van der Waals surface area contributed by atoms with Crippen LogP contribution in [0.3, 0.4) is 0 Å². The highest BCUT2D eigenvalue weighted by atomic mass is 33.2. The van der Waals surface area contributed by atoms with Crippen LogP contribution in [0.1, 0.15) is 0 Å². The summed E-state index contributed by atoms with van der Waals surface area (Å²) in [7, 11) is 5.47. The summed E-state index contributed by atoms with van der Waals surface area (Å²) in [5.41, 5.74) is 0. The maximum Gasteiger partial charge on any atom is 0.247 e. The molecule has 0 unspecified atom stereocenters. The van der Waals surface area contributed by atoms with Gasteiger partial charge >= 0.3 is 0 Å². The minimum Gasteiger partial charge on any atom is -0.338 e. The lowest BCUT2D eigenvalue weighted by atomic mass is 10.3. The molecule has 2 aliphatic rings. The van der Waals surface area contributed by atoms with Gasteiger partial charge in [0.05, 0.1) is 0 Å². The predicted molar refractivity (Wildman–Crippen MR) is 53.0 cm³/mol. The smallest absolute Gasteiger partial charge is 0.247 e. The monoisotopic (exact) mass is 204 g/mol. The van der Waals surface area contributed by atoms with Crippen LogP contribution in [0, 0.1) is 0 Å². The third-order valence-corrected chi connectivity index (χ3v) is 4.15. The Bertz CT molecular complexity index is 188. The summed E-state index contributed by atoms with van der Waals surface area (Å²) in [5.74, 6) is 0.332. The molecule has 0 radical (unpaired) electrons. The second kappa shape index (κ2) is 3.47. The number of hydrogen-bond acceptors (Lipinski definition) is 4. The van der Waals surface area contributed by atoms with E-state index in [2.05, 4.69) is 11.9 Å². The average molecular weight is 204 g/mol. The Hall–Kier alpha value is 0.130. The molecule has 0 aliphatic carbocycles. The van der Waals surface area contributed by atoms with Crippen LogP contribution in [0.15, 0.2) is 0 Å². The number of likely N-dealkylation sites (N-methyl/N-ethyl adjacent to an activating group) is 1. The average Bonchev–Trinajstić information content (AvgIpc) is 2.87. The van der Waals surface area contributed by atoms with E-state index >= 15 is 0 Å². The number of rotatable bonds is 1. The molecule has 0 saturated carbocycles. The maximum absolute atomic E-state index is 11.5. The van der Waals surface area contributed by atoms with Gasteiger partial charge in [-0.1, -0.05) is 21.6 Å². The molecule has 2 rings (SSSR count). The first kappa shape index (κ1) is 8.72. The third-order valence-electron chi connectivity index (χ3n) is 2.21. The lowest BCUT2D eigenvalue weighted by molar-refractivity contribution is -0.130. The van der Waals surface area contributed by atoms with E-state index in [9.17, 15) is 4.79 Å². The minimum atomic E-state index is 0.230. The van der Waals surface area contributed by atoms with Gasteiger partial charge < -0.3 is 9.80 Å². The Morgan fingerprint density at radius 1 is 1.25 bits per heavy atom. The van der Waals surface area contributed by atoms with Crippen LogP contribution in [0.25, 0.3) is 0 Å². The third kappa shape index (κ3) is 1.89. The van der Waals surface area contributed by atoms with E-state index in [0.29, 0.717) is 5.91 Å². The molecular weight excluding hydrogens is 192 g/mol. The van der Waals surface area contributed by atoms with E-state index in [1.165, 1.54) is 0 Å². The van der Waals surface area contributed by atoms with Gasteiger partial charge in [0.1, 0.15) is 4.58 Å². The van der Waals surface area contributed by atoms with E-state index < -0.39 is 0 Å². The zero-order chi connectivity index (χ0) is 8.55. The number of carbonyl (C=O) groups excluding carboxylic acids is 1. The summed E-state index contributed by atoms with van der Waals surface area (Å²) < 4.78 is 0.230. The number of nitrogens with zero attached hydrogens (tertiary/aromatic N) is 2. The molecule has 5 heteroatoms. The Kier molecular flexibility index (Phi) is 2.52. The molecule has 2 aliphatic heterocycles. The van der Waals surface area contributed by atoms with Crippen molar-refractivity contribution in [3.63, 3.8) is 0 Å². The molecule has 1 amide bonds. The number of carbonyl (C=O) groups is 1. The Labute approximate surface area is 80.2 Å². The predicted octanol–water partition coefficient (Wildman–Crippen LogP) is 0.481. The van der Waals surface area contributed by atoms with Gasteiger partial charge in [-0.05, 0) is 7.05 Å². The van der Waals surface area contributed by atoms with Gasteiger partial charge in [0, 0.05) is 26.2 Å². The second-order valence-electron chi connectivity index (χ2n) is 3.15. The molecule has 12 heavy (non-hydrogen) atoms. The fourth-order valence-corrected chi connectivity index (χ4v) is 2.46. The van der Waals surface area contributed by atoms with Crippen molar-refractivity contribution < 1.29 is 4.79 Å². The highest BCUT2D eigenvalue weighted by Crippen LogP contribution is 2.53. The molecule has 2 fully saturated rings. The normalized spacial score (nSPS) is 25.9. The Balaban J connectivity index is 1.84. The van der Waals surface area contributed by atoms with Gasteiger partial charge in [0.15, 0.2) is 0 Å². The van der Waals surface area contributed by atoms with Gasteiger partial charge in [-0.15, -0.1) is 0 Å². The highest BCUT2D eigenvalue weighted by Gasteiger charge is 2.36. The van der Waals surface area contributed by atoms with Crippen LogP contribution in [0.5, 0.6) is 0 Å². The first-order valence-electron chi connectivity index (χ1n) is 4.07. The van der Waals surface area contributed by atoms with Crippen molar-refractivity contribution in [1.82, 2.24) is 9.80 Å². The van der Waals surface area contributed by atoms with Crippen molar-refractivity contribution in [3.05, 3.63) is 0 Å². The zero-order valence-electron chi connectivity index (χ0n) is 7.02. The van der Waals surface area contributed by atoms with Crippen molar-refractivity contribution in [2.45, 2.75) is 4.58 Å². The summed E-state index contributed by atoms with van der Waals surface area (Å²) in [5, 5.41) is 0. The quantitative estimate of drug-likeness (QED) is 0.458. The molecule has 0 spiro atoms. The Morgan fingerprint density at radius 3 is 2.33 bits per heavy atom. The molecule has 2 heterocycles. The van der Waals surface area contributed by atoms with Crippen molar-refractivity contribution in [2.24, 2.45) is 0 Å². The molecule has 0 aromatic heterocycles. The van der Waals surface area contributed by atoms with Crippen LogP contribution in [0.2, 0.25) is 0 Å². The minimum absolute atomic E-state index is 0.230. The van der Waals surface area contributed by atoms with Crippen molar-refractivity contribution in [3.8, 4) is 0 Å². The SMILES string of the molecule is CN1CCN(C(=O)C2SS2)CC1. The van der Waals surface area contributed by atoms with Crippen LogP contribution in [-0.4, -0.2) is 53.5 Å². The molecule has 2 saturated heterocycles. The fraction of sp³-hybridized carbons (Fsp3) is 0.857. The number of hydrogen-bond donors (Lipinski definition) is 0. The largest absolute Gasteiger partial charge is 0.338 e. The van der Waals surface area contributed by atoms with Gasteiger partial charge in [-0.2, -0.15) is 0 Å². The molecular formula is C7H12N2OS2. The topological polar surface area (TPSA) is 23.6 Å². The lowest BCUT2D eigenvalue weighted by Crippen LogP contribution is -2.48. The Morgan fingerprint density at radius 2 is 1.83 bits per heavy atom. The van der Waals surface area contributed by atoms with Crippen molar-refractivity contribution in [1.29, 1.82) is 0 Å².